The van der Waals surface area contributed by atoms with Gasteiger partial charge in [0.25, 0.3) is 0 Å². The fraction of sp³-hybridized carbons (Fsp3) is 0. The number of fused-ring (bicyclic) bond motifs is 8. The number of hydrogen-bond acceptors (Lipinski definition) is 1. The lowest BCUT2D eigenvalue weighted by atomic mass is 10.1. The van der Waals surface area contributed by atoms with Gasteiger partial charge in [-0.3, -0.25) is 0 Å². The number of nitrogens with zero attached hydrogens (tertiary/aromatic N) is 4. The first-order chi connectivity index (χ1) is 26.8. The fourth-order valence-corrected chi connectivity index (χ4v) is 8.49. The van der Waals surface area contributed by atoms with Crippen LogP contribution in [0.1, 0.15) is 0 Å². The van der Waals surface area contributed by atoms with Gasteiger partial charge in [0.15, 0.2) is 0 Å². The van der Waals surface area contributed by atoms with Crippen molar-refractivity contribution in [1.29, 1.82) is 0 Å². The van der Waals surface area contributed by atoms with Gasteiger partial charge >= 0.3 is 0 Å². The van der Waals surface area contributed by atoms with Crippen molar-refractivity contribution in [3.05, 3.63) is 206 Å². The molecule has 0 radical (unpaired) electrons. The largest absolute Gasteiger partial charge is 0.315 e. The summed E-state index contributed by atoms with van der Waals surface area (Å²) in [4.78, 5) is 2.37. The molecule has 54 heavy (non-hydrogen) atoms. The molecule has 0 fully saturated rings. The molecular formula is C50H34N4. The van der Waals surface area contributed by atoms with E-state index in [0.29, 0.717) is 0 Å². The van der Waals surface area contributed by atoms with Crippen LogP contribution in [-0.2, 0) is 0 Å². The van der Waals surface area contributed by atoms with Crippen LogP contribution in [0.15, 0.2) is 206 Å². The van der Waals surface area contributed by atoms with Crippen LogP contribution in [0.5, 0.6) is 0 Å². The quantitative estimate of drug-likeness (QED) is 0.170. The molecule has 0 bridgehead atoms. The minimum absolute atomic E-state index is 1.09. The molecule has 0 atom stereocenters. The average Bonchev–Trinajstić information content (AvgIpc) is 3.92. The molecule has 4 heteroatoms. The van der Waals surface area contributed by atoms with Gasteiger partial charge in [0.1, 0.15) is 0 Å². The first-order valence-electron chi connectivity index (χ1n) is 18.4. The van der Waals surface area contributed by atoms with Crippen molar-refractivity contribution in [2.75, 3.05) is 4.90 Å². The van der Waals surface area contributed by atoms with Gasteiger partial charge in [-0.05, 0) is 91.0 Å². The van der Waals surface area contributed by atoms with Crippen LogP contribution in [0.25, 0.3) is 71.6 Å². The number of para-hydroxylation sites is 5. The highest BCUT2D eigenvalue weighted by atomic mass is 15.1. The van der Waals surface area contributed by atoms with E-state index in [9.17, 15) is 0 Å². The molecule has 0 N–H and O–H groups in total. The maximum absolute atomic E-state index is 2.42. The summed E-state index contributed by atoms with van der Waals surface area (Å²) in [6, 6.07) is 72.1. The van der Waals surface area contributed by atoms with Crippen LogP contribution in [-0.4, -0.2) is 13.7 Å². The lowest BCUT2D eigenvalue weighted by Gasteiger charge is -2.26. The summed E-state index contributed by atoms with van der Waals surface area (Å²) >= 11 is 0. The second kappa shape index (κ2) is 12.1. The van der Waals surface area contributed by atoms with Crippen LogP contribution in [0.2, 0.25) is 0 Å². The van der Waals surface area contributed by atoms with Gasteiger partial charge in [0.2, 0.25) is 0 Å². The summed E-state index contributed by atoms with van der Waals surface area (Å²) < 4.78 is 7.15. The van der Waals surface area contributed by atoms with Crippen molar-refractivity contribution in [3.63, 3.8) is 0 Å². The molecule has 11 rings (SSSR count). The van der Waals surface area contributed by atoms with Gasteiger partial charge in [0, 0.05) is 67.3 Å². The molecule has 0 saturated carbocycles. The Bertz CT molecular complexity index is 3150. The van der Waals surface area contributed by atoms with E-state index < -0.39 is 0 Å². The van der Waals surface area contributed by atoms with Crippen LogP contribution in [0.4, 0.5) is 17.1 Å². The number of aromatic nitrogens is 3. The Morgan fingerprint density at radius 1 is 0.315 bits per heavy atom. The van der Waals surface area contributed by atoms with Crippen LogP contribution < -0.4 is 4.90 Å². The zero-order chi connectivity index (χ0) is 35.6. The Labute approximate surface area is 312 Å². The average molecular weight is 691 g/mol. The normalized spacial score (nSPS) is 11.7. The van der Waals surface area contributed by atoms with E-state index >= 15 is 0 Å². The van der Waals surface area contributed by atoms with E-state index in [0.717, 1.165) is 34.1 Å². The smallest absolute Gasteiger partial charge is 0.0788 e. The van der Waals surface area contributed by atoms with E-state index in [1.807, 2.05) is 0 Å². The Morgan fingerprint density at radius 3 is 1.61 bits per heavy atom. The number of benzene rings is 8. The fourth-order valence-electron chi connectivity index (χ4n) is 8.49. The van der Waals surface area contributed by atoms with Crippen molar-refractivity contribution in [2.24, 2.45) is 0 Å². The lowest BCUT2D eigenvalue weighted by molar-refractivity contribution is 1.11. The van der Waals surface area contributed by atoms with Crippen molar-refractivity contribution in [2.45, 2.75) is 0 Å². The van der Waals surface area contributed by atoms with E-state index in [-0.39, 0.29) is 0 Å². The third-order valence-electron chi connectivity index (χ3n) is 10.8. The van der Waals surface area contributed by atoms with Gasteiger partial charge in [0.05, 0.1) is 27.6 Å². The molecule has 4 nitrogen and oxygen atoms in total. The third kappa shape index (κ3) is 4.64. The van der Waals surface area contributed by atoms with Crippen molar-refractivity contribution >= 4 is 71.6 Å². The molecule has 254 valence electrons. The van der Waals surface area contributed by atoms with E-state index in [1.165, 1.54) is 54.5 Å². The van der Waals surface area contributed by atoms with Crippen molar-refractivity contribution < 1.29 is 0 Å². The van der Waals surface area contributed by atoms with Gasteiger partial charge in [-0.15, -0.1) is 0 Å². The summed E-state index contributed by atoms with van der Waals surface area (Å²) in [5.74, 6) is 0. The van der Waals surface area contributed by atoms with Crippen LogP contribution >= 0.6 is 0 Å². The summed E-state index contributed by atoms with van der Waals surface area (Å²) in [6.07, 6.45) is 2.22. The number of rotatable bonds is 6. The topological polar surface area (TPSA) is 18.0 Å². The maximum Gasteiger partial charge on any atom is 0.0788 e. The zero-order valence-corrected chi connectivity index (χ0v) is 29.4. The first-order valence-corrected chi connectivity index (χ1v) is 18.4. The number of anilines is 3. The van der Waals surface area contributed by atoms with Gasteiger partial charge in [-0.2, -0.15) is 0 Å². The molecule has 0 aliphatic heterocycles. The molecule has 0 aliphatic rings. The van der Waals surface area contributed by atoms with Crippen LogP contribution in [0.3, 0.4) is 0 Å². The summed E-state index contributed by atoms with van der Waals surface area (Å²) in [7, 11) is 0. The zero-order valence-electron chi connectivity index (χ0n) is 29.4. The van der Waals surface area contributed by atoms with Crippen molar-refractivity contribution in [3.8, 4) is 17.1 Å². The minimum atomic E-state index is 1.09. The van der Waals surface area contributed by atoms with Gasteiger partial charge in [-0.25, -0.2) is 0 Å². The highest BCUT2D eigenvalue weighted by Gasteiger charge is 2.20. The first kappa shape index (κ1) is 30.3. The molecule has 11 aromatic rings. The number of hydrogen-bond donors (Lipinski definition) is 0. The second-order valence-corrected chi connectivity index (χ2v) is 13.9. The molecular weight excluding hydrogens is 657 g/mol. The highest BCUT2D eigenvalue weighted by molar-refractivity contribution is 6.18. The molecule has 0 amide bonds. The Balaban J connectivity index is 1.12. The van der Waals surface area contributed by atoms with E-state index in [4.69, 9.17) is 0 Å². The van der Waals surface area contributed by atoms with Gasteiger partial charge in [-0.1, -0.05) is 109 Å². The lowest BCUT2D eigenvalue weighted by Crippen LogP contribution is -2.10. The SMILES string of the molecule is c1ccc(N(c2cccc(-n3ccc4ccc5c6ccccc6n(-c6ccccc6)c5c43)c2)c2ccc3c(c2)c2ccccc2n3-c2ccccc2)cc1. The molecule has 3 aromatic heterocycles. The summed E-state index contributed by atoms with van der Waals surface area (Å²) in [5, 5.41) is 6.15. The molecule has 3 heterocycles. The minimum Gasteiger partial charge on any atom is -0.315 e. The molecule has 0 spiro atoms. The van der Waals surface area contributed by atoms with Crippen LogP contribution in [0, 0.1) is 0 Å². The monoisotopic (exact) mass is 690 g/mol. The maximum atomic E-state index is 2.42. The standard InChI is InChI=1S/C50H34N4/c1-4-15-36(16-5-1)52(41-28-30-48-45(34-41)43-24-11-12-25-46(43)53(48)37-17-6-2-7-18-37)40-22-14-21-39(33-40)51-32-31-35-27-29-44-42-23-10-13-26-47(42)54(50(44)49(35)51)38-19-8-3-9-20-38/h1-34H. The molecule has 8 aromatic carbocycles. The second-order valence-electron chi connectivity index (χ2n) is 13.9. The van der Waals surface area contributed by atoms with Gasteiger partial charge < -0.3 is 18.6 Å². The predicted octanol–water partition coefficient (Wildman–Crippen LogP) is 13.3. The summed E-state index contributed by atoms with van der Waals surface area (Å²) in [5.41, 5.74) is 12.7. The molecule has 0 saturated heterocycles. The Morgan fingerprint density at radius 2 is 0.870 bits per heavy atom. The summed E-state index contributed by atoms with van der Waals surface area (Å²) in [6.45, 7) is 0. The van der Waals surface area contributed by atoms with E-state index in [1.54, 1.807) is 0 Å². The Hall–Kier alpha value is -7.30. The van der Waals surface area contributed by atoms with Crippen molar-refractivity contribution in [1.82, 2.24) is 13.7 Å². The molecule has 0 unspecified atom stereocenters. The highest BCUT2D eigenvalue weighted by Crippen LogP contribution is 2.42. The predicted molar refractivity (Wildman–Crippen MR) is 227 cm³/mol. The third-order valence-corrected chi connectivity index (χ3v) is 10.8. The molecule has 0 aliphatic carbocycles. The Kier molecular flexibility index (Phi) is 6.82. The van der Waals surface area contributed by atoms with E-state index in [2.05, 4.69) is 225 Å².